The molecule has 2 aromatic heterocycles. The molecule has 0 spiro atoms. The molecule has 0 bridgehead atoms. The maximum Gasteiger partial charge on any atom is 0.277 e. The minimum Gasteiger partial charge on any atom is -0.410 e. The Balaban J connectivity index is 1.32. The molecular formula is C22H21N5O4S2. The first-order valence-corrected chi connectivity index (χ1v) is 12.3. The number of aromatic nitrogens is 3. The van der Waals surface area contributed by atoms with Crippen LogP contribution in [0.25, 0.3) is 11.6 Å². The molecule has 9 nitrogen and oxygen atoms in total. The van der Waals surface area contributed by atoms with Gasteiger partial charge in [-0.1, -0.05) is 42.1 Å². The fraction of sp³-hybridized carbons (Fsp3) is 0.136. The van der Waals surface area contributed by atoms with Crippen LogP contribution in [-0.2, 0) is 21.4 Å². The topological polar surface area (TPSA) is 121 Å². The van der Waals surface area contributed by atoms with Gasteiger partial charge in [0, 0.05) is 25.5 Å². The second-order valence-corrected chi connectivity index (χ2v) is 10.0. The molecule has 0 atom stereocenters. The maximum absolute atomic E-state index is 12.8. The summed E-state index contributed by atoms with van der Waals surface area (Å²) in [5.74, 6) is 0.125. The fourth-order valence-electron chi connectivity index (χ4n) is 2.98. The Hall–Kier alpha value is -3.41. The van der Waals surface area contributed by atoms with Gasteiger partial charge in [0.25, 0.3) is 11.1 Å². The Bertz CT molecular complexity index is 1300. The van der Waals surface area contributed by atoms with Gasteiger partial charge in [-0.15, -0.1) is 10.2 Å². The average molecular weight is 484 g/mol. The monoisotopic (exact) mass is 483 g/mol. The number of carbonyl (C=O) groups is 1. The Labute approximate surface area is 195 Å². The van der Waals surface area contributed by atoms with Crippen molar-refractivity contribution in [2.24, 2.45) is 0 Å². The van der Waals surface area contributed by atoms with Crippen LogP contribution in [0.4, 0.5) is 5.69 Å². The highest BCUT2D eigenvalue weighted by atomic mass is 32.2. The van der Waals surface area contributed by atoms with Gasteiger partial charge >= 0.3 is 0 Å². The normalized spacial score (nSPS) is 11.6. The molecule has 0 fully saturated rings. The third kappa shape index (κ3) is 5.69. The van der Waals surface area contributed by atoms with Crippen molar-refractivity contribution in [2.75, 3.05) is 18.1 Å². The molecule has 0 aliphatic carbocycles. The van der Waals surface area contributed by atoms with Crippen LogP contribution in [-0.4, -0.2) is 46.6 Å². The zero-order valence-electron chi connectivity index (χ0n) is 17.6. The van der Waals surface area contributed by atoms with Gasteiger partial charge in [-0.3, -0.25) is 4.79 Å². The molecule has 170 valence electrons. The first-order chi connectivity index (χ1) is 15.9. The summed E-state index contributed by atoms with van der Waals surface area (Å²) < 4.78 is 32.4. The fourth-order valence-corrected chi connectivity index (χ4v) is 4.70. The van der Waals surface area contributed by atoms with E-state index in [9.17, 15) is 13.2 Å². The molecule has 0 saturated carbocycles. The second-order valence-electron chi connectivity index (χ2n) is 7.06. The SMILES string of the molecule is CN(Cc1ccccc1)S(=O)(=O)c1ccc(NC(=O)CSc2nnc(-c3ccc[nH]3)o2)cc1. The standard InChI is InChI=1S/C22H21N5O4S2/c1-27(14-16-6-3-2-4-7-16)33(29,30)18-11-9-17(10-12-18)24-20(28)15-32-22-26-25-21(31-22)19-8-5-13-23-19/h2-13,23H,14-15H2,1H3,(H,24,28). The summed E-state index contributed by atoms with van der Waals surface area (Å²) in [6.07, 6.45) is 1.75. The number of sulfonamides is 1. The summed E-state index contributed by atoms with van der Waals surface area (Å²) >= 11 is 1.11. The average Bonchev–Trinajstić information content (AvgIpc) is 3.51. The van der Waals surface area contributed by atoms with Gasteiger partial charge in [-0.2, -0.15) is 4.31 Å². The van der Waals surface area contributed by atoms with Crippen molar-refractivity contribution in [3.8, 4) is 11.6 Å². The van der Waals surface area contributed by atoms with E-state index in [0.29, 0.717) is 17.3 Å². The molecule has 0 radical (unpaired) electrons. The van der Waals surface area contributed by atoms with E-state index in [1.54, 1.807) is 24.4 Å². The Kier molecular flexibility index (Phi) is 6.92. The predicted molar refractivity (Wildman–Crippen MR) is 125 cm³/mol. The van der Waals surface area contributed by atoms with Crippen LogP contribution in [0.3, 0.4) is 0 Å². The molecule has 4 rings (SSSR count). The first-order valence-electron chi connectivity index (χ1n) is 9.92. The van der Waals surface area contributed by atoms with Crippen molar-refractivity contribution < 1.29 is 17.6 Å². The minimum absolute atomic E-state index is 0.0617. The largest absolute Gasteiger partial charge is 0.410 e. The van der Waals surface area contributed by atoms with Crippen LogP contribution in [0.2, 0.25) is 0 Å². The first kappa shape index (κ1) is 22.8. The van der Waals surface area contributed by atoms with Crippen LogP contribution < -0.4 is 5.32 Å². The summed E-state index contributed by atoms with van der Waals surface area (Å²) in [5, 5.41) is 10.8. The highest BCUT2D eigenvalue weighted by Crippen LogP contribution is 2.23. The molecule has 2 N–H and O–H groups in total. The number of nitrogens with zero attached hydrogens (tertiary/aromatic N) is 3. The van der Waals surface area contributed by atoms with E-state index in [2.05, 4.69) is 20.5 Å². The van der Waals surface area contributed by atoms with E-state index in [4.69, 9.17) is 4.42 Å². The van der Waals surface area contributed by atoms with E-state index in [0.717, 1.165) is 17.3 Å². The van der Waals surface area contributed by atoms with Gasteiger partial charge in [0.05, 0.1) is 10.6 Å². The van der Waals surface area contributed by atoms with E-state index in [1.165, 1.54) is 23.5 Å². The molecule has 33 heavy (non-hydrogen) atoms. The highest BCUT2D eigenvalue weighted by Gasteiger charge is 2.21. The Morgan fingerprint density at radius 3 is 2.52 bits per heavy atom. The summed E-state index contributed by atoms with van der Waals surface area (Å²) in [7, 11) is -2.12. The zero-order chi connectivity index (χ0) is 23.3. The van der Waals surface area contributed by atoms with E-state index in [1.807, 2.05) is 36.4 Å². The second kappa shape index (κ2) is 10.0. The molecule has 2 heterocycles. The Morgan fingerprint density at radius 1 is 1.06 bits per heavy atom. The Morgan fingerprint density at radius 2 is 1.82 bits per heavy atom. The van der Waals surface area contributed by atoms with Crippen LogP contribution >= 0.6 is 11.8 Å². The van der Waals surface area contributed by atoms with Gasteiger partial charge in [0.2, 0.25) is 15.9 Å². The lowest BCUT2D eigenvalue weighted by Gasteiger charge is -2.17. The number of nitrogens with one attached hydrogen (secondary N) is 2. The van der Waals surface area contributed by atoms with Crippen molar-refractivity contribution in [1.82, 2.24) is 19.5 Å². The zero-order valence-corrected chi connectivity index (χ0v) is 19.3. The van der Waals surface area contributed by atoms with Crippen molar-refractivity contribution in [1.29, 1.82) is 0 Å². The molecule has 0 unspecified atom stereocenters. The number of hydrogen-bond donors (Lipinski definition) is 2. The van der Waals surface area contributed by atoms with Crippen LogP contribution in [0.5, 0.6) is 0 Å². The van der Waals surface area contributed by atoms with E-state index < -0.39 is 10.0 Å². The number of rotatable bonds is 9. The van der Waals surface area contributed by atoms with Crippen molar-refractivity contribution >= 4 is 33.4 Å². The third-order valence-corrected chi connectivity index (χ3v) is 7.29. The molecule has 11 heteroatoms. The smallest absolute Gasteiger partial charge is 0.277 e. The molecule has 2 aromatic carbocycles. The minimum atomic E-state index is -3.66. The van der Waals surface area contributed by atoms with E-state index >= 15 is 0 Å². The maximum atomic E-state index is 12.8. The highest BCUT2D eigenvalue weighted by molar-refractivity contribution is 7.99. The molecule has 0 aliphatic heterocycles. The van der Waals surface area contributed by atoms with Crippen LogP contribution in [0, 0.1) is 0 Å². The lowest BCUT2D eigenvalue weighted by atomic mass is 10.2. The molecule has 0 saturated heterocycles. The summed E-state index contributed by atoms with van der Waals surface area (Å²) in [6.45, 7) is 0.264. The van der Waals surface area contributed by atoms with Crippen molar-refractivity contribution in [2.45, 2.75) is 16.7 Å². The number of H-pyrrole nitrogens is 1. The quantitative estimate of drug-likeness (QED) is 0.349. The molecule has 0 aliphatic rings. The predicted octanol–water partition coefficient (Wildman–Crippen LogP) is 3.62. The van der Waals surface area contributed by atoms with Crippen LogP contribution in [0.1, 0.15) is 5.56 Å². The number of thioether (sulfide) groups is 1. The van der Waals surface area contributed by atoms with Gasteiger partial charge < -0.3 is 14.7 Å². The number of benzene rings is 2. The van der Waals surface area contributed by atoms with Gasteiger partial charge in [0.15, 0.2) is 0 Å². The number of carbonyl (C=O) groups excluding carboxylic acids is 1. The lowest BCUT2D eigenvalue weighted by Crippen LogP contribution is -2.26. The van der Waals surface area contributed by atoms with Crippen LogP contribution in [0.15, 0.2) is 87.5 Å². The van der Waals surface area contributed by atoms with Gasteiger partial charge in [-0.05, 0) is 42.0 Å². The van der Waals surface area contributed by atoms with Crippen molar-refractivity contribution in [3.05, 3.63) is 78.5 Å². The number of aromatic amines is 1. The van der Waals surface area contributed by atoms with Gasteiger partial charge in [-0.25, -0.2) is 8.42 Å². The summed E-state index contributed by atoms with van der Waals surface area (Å²) in [6, 6.07) is 19.0. The van der Waals surface area contributed by atoms with Crippen molar-refractivity contribution in [3.63, 3.8) is 0 Å². The molecule has 1 amide bonds. The number of anilines is 1. The summed E-state index contributed by atoms with van der Waals surface area (Å²) in [4.78, 5) is 15.4. The number of hydrogen-bond acceptors (Lipinski definition) is 7. The van der Waals surface area contributed by atoms with E-state index in [-0.39, 0.29) is 28.3 Å². The third-order valence-electron chi connectivity index (χ3n) is 4.66. The number of amides is 1. The van der Waals surface area contributed by atoms with Gasteiger partial charge in [0.1, 0.15) is 5.69 Å². The molecular weight excluding hydrogens is 462 g/mol. The molecule has 4 aromatic rings. The lowest BCUT2D eigenvalue weighted by molar-refractivity contribution is -0.113. The summed E-state index contributed by atoms with van der Waals surface area (Å²) in [5.41, 5.74) is 2.08.